The first kappa shape index (κ1) is 15.2. The van der Waals surface area contributed by atoms with Crippen LogP contribution in [-0.4, -0.2) is 23.8 Å². The van der Waals surface area contributed by atoms with Crippen molar-refractivity contribution in [2.45, 2.75) is 11.8 Å². The van der Waals surface area contributed by atoms with Crippen molar-refractivity contribution in [1.29, 1.82) is 0 Å². The van der Waals surface area contributed by atoms with Gasteiger partial charge in [0.25, 0.3) is 10.0 Å². The van der Waals surface area contributed by atoms with Gasteiger partial charge in [0.1, 0.15) is 0 Å². The number of ketones is 1. The number of hydrogen-bond acceptors (Lipinski definition) is 4. The van der Waals surface area contributed by atoms with Crippen molar-refractivity contribution in [1.82, 2.24) is 9.55 Å². The fraction of sp³-hybridized carbons (Fsp3) is 0.125. The Balaban J connectivity index is 1.91. The molecule has 118 valence electrons. The minimum Gasteiger partial charge on any atom is -0.334 e. The van der Waals surface area contributed by atoms with Gasteiger partial charge in [-0.3, -0.25) is 9.52 Å². The lowest BCUT2D eigenvalue weighted by molar-refractivity contribution is 0.101. The number of carbonyl (C=O) groups is 1. The monoisotopic (exact) mass is 329 g/mol. The van der Waals surface area contributed by atoms with E-state index in [1.165, 1.54) is 31.2 Å². The maximum Gasteiger partial charge on any atom is 0.261 e. The highest BCUT2D eigenvalue weighted by molar-refractivity contribution is 7.92. The minimum atomic E-state index is -3.71. The highest BCUT2D eigenvalue weighted by atomic mass is 32.2. The molecule has 0 radical (unpaired) electrons. The van der Waals surface area contributed by atoms with Crippen LogP contribution in [0.25, 0.3) is 11.0 Å². The van der Waals surface area contributed by atoms with Crippen LogP contribution in [0.5, 0.6) is 0 Å². The van der Waals surface area contributed by atoms with E-state index in [0.29, 0.717) is 16.8 Å². The molecule has 0 amide bonds. The van der Waals surface area contributed by atoms with Crippen molar-refractivity contribution in [2.75, 3.05) is 4.72 Å². The van der Waals surface area contributed by atoms with Gasteiger partial charge in [-0.25, -0.2) is 13.4 Å². The number of hydrogen-bond donors (Lipinski definition) is 1. The average molecular weight is 329 g/mol. The fourth-order valence-corrected chi connectivity index (χ4v) is 3.33. The summed E-state index contributed by atoms with van der Waals surface area (Å²) in [5.74, 6) is -0.109. The van der Waals surface area contributed by atoms with Crippen LogP contribution in [-0.2, 0) is 17.1 Å². The summed E-state index contributed by atoms with van der Waals surface area (Å²) in [4.78, 5) is 15.6. The maximum absolute atomic E-state index is 12.4. The molecule has 0 spiro atoms. The highest BCUT2D eigenvalue weighted by Gasteiger charge is 2.15. The second-order valence-electron chi connectivity index (χ2n) is 5.25. The fourth-order valence-electron chi connectivity index (χ4n) is 2.28. The molecular weight excluding hydrogens is 314 g/mol. The first-order valence-electron chi connectivity index (χ1n) is 6.92. The minimum absolute atomic E-state index is 0.101. The molecule has 7 heteroatoms. The Morgan fingerprint density at radius 1 is 1.13 bits per heavy atom. The van der Waals surface area contributed by atoms with Gasteiger partial charge < -0.3 is 4.57 Å². The molecule has 1 heterocycles. The number of sulfonamides is 1. The second kappa shape index (κ2) is 5.51. The van der Waals surface area contributed by atoms with Crippen LogP contribution in [0.1, 0.15) is 17.3 Å². The largest absolute Gasteiger partial charge is 0.334 e. The van der Waals surface area contributed by atoms with Crippen molar-refractivity contribution in [3.05, 3.63) is 54.4 Å². The lowest BCUT2D eigenvalue weighted by Crippen LogP contribution is -2.13. The van der Waals surface area contributed by atoms with Gasteiger partial charge in [0.2, 0.25) is 0 Å². The standard InChI is InChI=1S/C16H15N3O3S/c1-11(20)12-3-6-14(7-4-12)23(21,22)18-13-5-8-16-15(9-13)17-10-19(16)2/h3-10,18H,1-2H3. The Hall–Kier alpha value is -2.67. The number of Topliss-reactive ketones (excluding diaryl/α,β-unsaturated/α-hetero) is 1. The molecule has 0 aliphatic rings. The van der Waals surface area contributed by atoms with E-state index in [-0.39, 0.29) is 10.7 Å². The number of aromatic nitrogens is 2. The predicted molar refractivity (Wildman–Crippen MR) is 88.0 cm³/mol. The van der Waals surface area contributed by atoms with Gasteiger partial charge in [-0.05, 0) is 37.3 Å². The van der Waals surface area contributed by atoms with Crippen molar-refractivity contribution >= 4 is 32.5 Å². The highest BCUT2D eigenvalue weighted by Crippen LogP contribution is 2.21. The molecule has 3 aromatic rings. The first-order valence-corrected chi connectivity index (χ1v) is 8.40. The van der Waals surface area contributed by atoms with Crippen LogP contribution in [0.4, 0.5) is 5.69 Å². The molecule has 0 aliphatic heterocycles. The van der Waals surface area contributed by atoms with Crippen LogP contribution < -0.4 is 4.72 Å². The van der Waals surface area contributed by atoms with Crippen LogP contribution >= 0.6 is 0 Å². The zero-order valence-electron chi connectivity index (χ0n) is 12.6. The van der Waals surface area contributed by atoms with E-state index >= 15 is 0 Å². The van der Waals surface area contributed by atoms with Crippen LogP contribution in [0, 0.1) is 0 Å². The van der Waals surface area contributed by atoms with E-state index in [9.17, 15) is 13.2 Å². The van der Waals surface area contributed by atoms with Crippen LogP contribution in [0.15, 0.2) is 53.7 Å². The lowest BCUT2D eigenvalue weighted by atomic mass is 10.2. The van der Waals surface area contributed by atoms with Gasteiger partial charge in [0.15, 0.2) is 5.78 Å². The summed E-state index contributed by atoms with van der Waals surface area (Å²) in [5.41, 5.74) is 2.53. The Morgan fingerprint density at radius 2 is 1.83 bits per heavy atom. The number of fused-ring (bicyclic) bond motifs is 1. The van der Waals surface area contributed by atoms with Gasteiger partial charge in [-0.15, -0.1) is 0 Å². The van der Waals surface area contributed by atoms with Gasteiger partial charge >= 0.3 is 0 Å². The van der Waals surface area contributed by atoms with E-state index in [1.807, 2.05) is 11.6 Å². The number of nitrogens with zero attached hydrogens (tertiary/aromatic N) is 2. The maximum atomic E-state index is 12.4. The summed E-state index contributed by atoms with van der Waals surface area (Å²) in [6.07, 6.45) is 1.67. The first-order chi connectivity index (χ1) is 10.9. The molecule has 0 atom stereocenters. The molecule has 0 saturated carbocycles. The second-order valence-corrected chi connectivity index (χ2v) is 6.93. The van der Waals surface area contributed by atoms with Gasteiger partial charge in [0, 0.05) is 12.6 Å². The molecule has 1 aromatic heterocycles. The van der Waals surface area contributed by atoms with Crippen molar-refractivity contribution in [3.63, 3.8) is 0 Å². The normalized spacial score (nSPS) is 11.6. The third-order valence-corrected chi connectivity index (χ3v) is 4.95. The van der Waals surface area contributed by atoms with E-state index in [2.05, 4.69) is 9.71 Å². The number of nitrogens with one attached hydrogen (secondary N) is 1. The number of carbonyl (C=O) groups excluding carboxylic acids is 1. The molecule has 23 heavy (non-hydrogen) atoms. The van der Waals surface area contributed by atoms with E-state index in [4.69, 9.17) is 0 Å². The Morgan fingerprint density at radius 3 is 2.48 bits per heavy atom. The third-order valence-electron chi connectivity index (χ3n) is 3.55. The molecule has 3 rings (SSSR count). The van der Waals surface area contributed by atoms with Crippen LogP contribution in [0.2, 0.25) is 0 Å². The van der Waals surface area contributed by atoms with Gasteiger partial charge in [-0.1, -0.05) is 12.1 Å². The molecular formula is C16H15N3O3S. The number of anilines is 1. The predicted octanol–water partition coefficient (Wildman–Crippen LogP) is 2.58. The topological polar surface area (TPSA) is 81.1 Å². The Bertz CT molecular complexity index is 989. The number of benzene rings is 2. The Labute approximate surface area is 133 Å². The lowest BCUT2D eigenvalue weighted by Gasteiger charge is -2.08. The molecule has 0 fully saturated rings. The molecule has 1 N–H and O–H groups in total. The van der Waals surface area contributed by atoms with E-state index in [0.717, 1.165) is 5.52 Å². The molecule has 0 bridgehead atoms. The quantitative estimate of drug-likeness (QED) is 0.746. The number of aryl methyl sites for hydroxylation is 1. The Kier molecular flexibility index (Phi) is 3.65. The zero-order chi connectivity index (χ0) is 16.6. The van der Waals surface area contributed by atoms with Gasteiger partial charge in [-0.2, -0.15) is 0 Å². The van der Waals surface area contributed by atoms with Gasteiger partial charge in [0.05, 0.1) is 27.9 Å². The zero-order valence-corrected chi connectivity index (χ0v) is 13.5. The summed E-state index contributed by atoms with van der Waals surface area (Å²) >= 11 is 0. The summed E-state index contributed by atoms with van der Waals surface area (Å²) in [6, 6.07) is 11.0. The molecule has 6 nitrogen and oxygen atoms in total. The summed E-state index contributed by atoms with van der Waals surface area (Å²) in [5, 5.41) is 0. The van der Waals surface area contributed by atoms with Crippen LogP contribution in [0.3, 0.4) is 0 Å². The number of imidazole rings is 1. The summed E-state index contributed by atoms with van der Waals surface area (Å²) in [7, 11) is -1.84. The summed E-state index contributed by atoms with van der Waals surface area (Å²) < 4.78 is 29.2. The van der Waals surface area contributed by atoms with Crippen molar-refractivity contribution in [3.8, 4) is 0 Å². The third kappa shape index (κ3) is 2.95. The van der Waals surface area contributed by atoms with Crippen molar-refractivity contribution in [2.24, 2.45) is 7.05 Å². The van der Waals surface area contributed by atoms with E-state index in [1.54, 1.807) is 24.5 Å². The SMILES string of the molecule is CC(=O)c1ccc(S(=O)(=O)Nc2ccc3c(c2)ncn3C)cc1. The van der Waals surface area contributed by atoms with E-state index < -0.39 is 10.0 Å². The molecule has 0 aliphatic carbocycles. The number of rotatable bonds is 4. The molecule has 0 saturated heterocycles. The average Bonchev–Trinajstić information content (AvgIpc) is 2.88. The molecule has 2 aromatic carbocycles. The summed E-state index contributed by atoms with van der Waals surface area (Å²) in [6.45, 7) is 1.43. The smallest absolute Gasteiger partial charge is 0.261 e. The van der Waals surface area contributed by atoms with Crippen molar-refractivity contribution < 1.29 is 13.2 Å². The molecule has 0 unspecified atom stereocenters.